The minimum atomic E-state index is -4.20. The molecule has 10 heteroatoms. The number of nitrogens with zero attached hydrogens (tertiary/aromatic N) is 2. The van der Waals surface area contributed by atoms with E-state index in [1.807, 2.05) is 0 Å². The van der Waals surface area contributed by atoms with Gasteiger partial charge in [0.25, 0.3) is 0 Å². The maximum absolute atomic E-state index is 15.0. The smallest absolute Gasteiger partial charge is 0.429 e. The van der Waals surface area contributed by atoms with Gasteiger partial charge in [-0.1, -0.05) is 50.1 Å². The molecule has 0 aliphatic rings. The Morgan fingerprint density at radius 1 is 0.636 bits per heavy atom. The van der Waals surface area contributed by atoms with Crippen molar-refractivity contribution >= 4 is 0 Å². The lowest BCUT2D eigenvalue weighted by molar-refractivity contribution is -0.187. The molecule has 1 aromatic heterocycles. The Hall–Kier alpha value is -4.73. The summed E-state index contributed by atoms with van der Waals surface area (Å²) in [5.74, 6) is -7.39. The molecule has 4 aromatic carbocycles. The van der Waals surface area contributed by atoms with Gasteiger partial charge >= 0.3 is 6.11 Å². The Labute approximate surface area is 249 Å². The third-order valence-corrected chi connectivity index (χ3v) is 7.01. The summed E-state index contributed by atoms with van der Waals surface area (Å²) in [7, 11) is 0. The first-order valence-corrected chi connectivity index (χ1v) is 13.8. The summed E-state index contributed by atoms with van der Waals surface area (Å²) in [6, 6.07) is 13.5. The van der Waals surface area contributed by atoms with Crippen LogP contribution in [0.15, 0.2) is 85.2 Å². The molecule has 0 amide bonds. The predicted molar refractivity (Wildman–Crippen MR) is 152 cm³/mol. The van der Waals surface area contributed by atoms with Gasteiger partial charge in [0.2, 0.25) is 0 Å². The van der Waals surface area contributed by atoms with Gasteiger partial charge in [-0.15, -0.1) is 0 Å². The fourth-order valence-electron chi connectivity index (χ4n) is 4.66. The van der Waals surface area contributed by atoms with Crippen molar-refractivity contribution in [1.29, 1.82) is 0 Å². The largest absolute Gasteiger partial charge is 0.429 e. The Balaban J connectivity index is 1.29. The molecule has 0 saturated carbocycles. The van der Waals surface area contributed by atoms with Gasteiger partial charge in [0.05, 0.1) is 5.56 Å². The number of unbranched alkanes of at least 4 members (excludes halogenated alkanes) is 2. The molecular weight excluding hydrogens is 585 g/mol. The molecule has 0 radical (unpaired) electrons. The molecule has 0 aliphatic carbocycles. The number of halogens is 7. The second-order valence-corrected chi connectivity index (χ2v) is 10.2. The van der Waals surface area contributed by atoms with Crippen LogP contribution >= 0.6 is 0 Å². The fourth-order valence-corrected chi connectivity index (χ4v) is 4.66. The van der Waals surface area contributed by atoms with Crippen LogP contribution in [0.5, 0.6) is 5.75 Å². The summed E-state index contributed by atoms with van der Waals surface area (Å²) in [4.78, 5) is 8.83. The van der Waals surface area contributed by atoms with Crippen molar-refractivity contribution in [1.82, 2.24) is 9.97 Å². The molecule has 0 saturated heterocycles. The molecule has 0 N–H and O–H groups in total. The van der Waals surface area contributed by atoms with Crippen molar-refractivity contribution in [3.8, 4) is 39.4 Å². The van der Waals surface area contributed by atoms with Gasteiger partial charge in [-0.05, 0) is 71.5 Å². The van der Waals surface area contributed by atoms with Crippen LogP contribution in [0.25, 0.3) is 33.6 Å². The SMILES string of the molecule is CCCCCc1cnc(-c2ccc(-c3ccc(C(F)(F)Oc4ccc(-c5cc(F)c(F)c(F)c5)c(F)c4)c(F)c3)cc2)nc1. The summed E-state index contributed by atoms with van der Waals surface area (Å²) in [5, 5.41) is 0. The topological polar surface area (TPSA) is 35.0 Å². The van der Waals surface area contributed by atoms with Crippen LogP contribution in [0.4, 0.5) is 30.7 Å². The van der Waals surface area contributed by atoms with Crippen LogP contribution in [-0.4, -0.2) is 9.97 Å². The highest BCUT2D eigenvalue weighted by atomic mass is 19.3. The Bertz CT molecular complexity index is 1750. The van der Waals surface area contributed by atoms with E-state index in [4.69, 9.17) is 0 Å². The van der Waals surface area contributed by atoms with Crippen molar-refractivity contribution < 1.29 is 35.5 Å². The molecule has 44 heavy (non-hydrogen) atoms. The van der Waals surface area contributed by atoms with E-state index >= 15 is 0 Å². The minimum Gasteiger partial charge on any atom is -0.429 e. The normalized spacial score (nSPS) is 11.5. The van der Waals surface area contributed by atoms with Crippen molar-refractivity contribution in [2.45, 2.75) is 38.7 Å². The van der Waals surface area contributed by atoms with Crippen LogP contribution in [0.3, 0.4) is 0 Å². The molecule has 0 aliphatic heterocycles. The standard InChI is InChI=1S/C34H25F7N2O/c1-2-3-4-5-20-18-42-33(43-19-20)22-8-6-21(7-9-22)23-10-13-27(29(36)14-23)34(40,41)44-25-11-12-26(28(35)17-25)24-15-30(37)32(39)31(38)16-24/h6-19H,2-5H2,1H3. The maximum atomic E-state index is 15.0. The van der Waals surface area contributed by atoms with E-state index in [9.17, 15) is 30.7 Å². The molecule has 0 unspecified atom stereocenters. The molecule has 5 aromatic rings. The average molecular weight is 611 g/mol. The summed E-state index contributed by atoms with van der Waals surface area (Å²) in [5.41, 5.74) is 0.856. The molecule has 3 nitrogen and oxygen atoms in total. The average Bonchev–Trinajstić information content (AvgIpc) is 3.00. The molecule has 0 spiro atoms. The first-order chi connectivity index (χ1) is 21.1. The number of aryl methyl sites for hydroxylation is 1. The highest BCUT2D eigenvalue weighted by molar-refractivity contribution is 5.68. The van der Waals surface area contributed by atoms with E-state index in [2.05, 4.69) is 21.6 Å². The third-order valence-electron chi connectivity index (χ3n) is 7.01. The van der Waals surface area contributed by atoms with Gasteiger partial charge in [0.1, 0.15) is 17.4 Å². The number of ether oxygens (including phenoxy) is 1. The highest BCUT2D eigenvalue weighted by Gasteiger charge is 2.38. The van der Waals surface area contributed by atoms with E-state index in [1.165, 1.54) is 6.07 Å². The van der Waals surface area contributed by atoms with Crippen molar-refractivity contribution in [3.63, 3.8) is 0 Å². The Morgan fingerprint density at radius 3 is 1.86 bits per heavy atom. The second kappa shape index (κ2) is 12.9. The Morgan fingerprint density at radius 2 is 1.25 bits per heavy atom. The van der Waals surface area contributed by atoms with E-state index in [0.717, 1.165) is 61.1 Å². The number of benzene rings is 4. The zero-order valence-corrected chi connectivity index (χ0v) is 23.4. The molecule has 1 heterocycles. The third kappa shape index (κ3) is 6.74. The maximum Gasteiger partial charge on any atom is 0.429 e. The predicted octanol–water partition coefficient (Wildman–Crippen LogP) is 10.0. The van der Waals surface area contributed by atoms with Crippen LogP contribution in [0, 0.1) is 29.1 Å². The quantitative estimate of drug-likeness (QED) is 0.0897. The fraction of sp³-hybridized carbons (Fsp3) is 0.176. The van der Waals surface area contributed by atoms with Crippen LogP contribution in [0.2, 0.25) is 0 Å². The lowest BCUT2D eigenvalue weighted by atomic mass is 10.0. The van der Waals surface area contributed by atoms with Crippen LogP contribution < -0.4 is 4.74 Å². The van der Waals surface area contributed by atoms with E-state index < -0.39 is 46.5 Å². The highest BCUT2D eigenvalue weighted by Crippen LogP contribution is 2.37. The summed E-state index contributed by atoms with van der Waals surface area (Å²) >= 11 is 0. The number of rotatable bonds is 10. The lowest BCUT2D eigenvalue weighted by Crippen LogP contribution is -2.23. The second-order valence-electron chi connectivity index (χ2n) is 10.2. The van der Waals surface area contributed by atoms with Crippen LogP contribution in [-0.2, 0) is 12.5 Å². The number of hydrogen-bond acceptors (Lipinski definition) is 3. The molecular formula is C34H25F7N2O. The van der Waals surface area contributed by atoms with Gasteiger partial charge in [0.15, 0.2) is 23.3 Å². The van der Waals surface area contributed by atoms with Gasteiger partial charge in [-0.25, -0.2) is 31.9 Å². The first-order valence-electron chi connectivity index (χ1n) is 13.8. The van der Waals surface area contributed by atoms with Crippen molar-refractivity contribution in [2.24, 2.45) is 0 Å². The molecule has 0 bridgehead atoms. The molecule has 226 valence electrons. The first kappa shape index (κ1) is 30.7. The van der Waals surface area contributed by atoms with Crippen molar-refractivity contribution in [2.75, 3.05) is 0 Å². The number of hydrogen-bond donors (Lipinski definition) is 0. The summed E-state index contributed by atoms with van der Waals surface area (Å²) in [6.07, 6.45) is 3.62. The Kier molecular flexibility index (Phi) is 8.98. The van der Waals surface area contributed by atoms with E-state index in [0.29, 0.717) is 35.2 Å². The summed E-state index contributed by atoms with van der Waals surface area (Å²) in [6.45, 7) is 2.14. The van der Waals surface area contributed by atoms with E-state index in [-0.39, 0.29) is 11.1 Å². The van der Waals surface area contributed by atoms with Gasteiger partial charge < -0.3 is 4.74 Å². The van der Waals surface area contributed by atoms with E-state index in [1.54, 1.807) is 36.7 Å². The minimum absolute atomic E-state index is 0.329. The number of alkyl halides is 2. The molecule has 0 atom stereocenters. The summed E-state index contributed by atoms with van der Waals surface area (Å²) < 4.78 is 105. The molecule has 5 rings (SSSR count). The van der Waals surface area contributed by atoms with Gasteiger partial charge in [0, 0.05) is 29.6 Å². The molecule has 0 fully saturated rings. The van der Waals surface area contributed by atoms with Crippen molar-refractivity contribution in [3.05, 3.63) is 125 Å². The zero-order chi connectivity index (χ0) is 31.4. The number of aromatic nitrogens is 2. The van der Waals surface area contributed by atoms with Gasteiger partial charge in [-0.3, -0.25) is 0 Å². The monoisotopic (exact) mass is 610 g/mol. The lowest BCUT2D eigenvalue weighted by Gasteiger charge is -2.20. The zero-order valence-electron chi connectivity index (χ0n) is 23.4. The van der Waals surface area contributed by atoms with Gasteiger partial charge in [-0.2, -0.15) is 8.78 Å². The van der Waals surface area contributed by atoms with Crippen LogP contribution in [0.1, 0.15) is 37.3 Å².